The smallest absolute Gasteiger partial charge is 0.209 e. The molecule has 0 bridgehead atoms. The summed E-state index contributed by atoms with van der Waals surface area (Å²) in [6.45, 7) is 0.589. The molecule has 3 aromatic rings. The van der Waals surface area contributed by atoms with Crippen molar-refractivity contribution in [3.8, 4) is 6.19 Å². The van der Waals surface area contributed by atoms with Crippen molar-refractivity contribution in [2.45, 2.75) is 6.42 Å². The predicted molar refractivity (Wildman–Crippen MR) is 93.1 cm³/mol. The third-order valence-electron chi connectivity index (χ3n) is 3.54. The predicted octanol–water partition coefficient (Wildman–Crippen LogP) is 3.25. The van der Waals surface area contributed by atoms with E-state index in [4.69, 9.17) is 5.26 Å². The van der Waals surface area contributed by atoms with Crippen molar-refractivity contribution >= 4 is 22.5 Å². The second-order valence-electron chi connectivity index (χ2n) is 5.07. The Kier molecular flexibility index (Phi) is 4.55. The zero-order valence-corrected chi connectivity index (χ0v) is 12.6. The van der Waals surface area contributed by atoms with Crippen molar-refractivity contribution < 1.29 is 0 Å². The molecule has 1 aromatic heterocycles. The summed E-state index contributed by atoms with van der Waals surface area (Å²) >= 11 is 0. The lowest BCUT2D eigenvalue weighted by molar-refractivity contribution is 0.963. The lowest BCUT2D eigenvalue weighted by Gasteiger charge is -2.07. The Hall–Kier alpha value is -3.26. The van der Waals surface area contributed by atoms with Gasteiger partial charge in [-0.2, -0.15) is 5.26 Å². The van der Waals surface area contributed by atoms with Crippen molar-refractivity contribution in [1.29, 1.82) is 5.26 Å². The second-order valence-corrected chi connectivity index (χ2v) is 5.07. The fraction of sp³-hybridized carbons (Fsp3) is 0.111. The second kappa shape index (κ2) is 7.14. The molecule has 0 amide bonds. The molecule has 0 unspecified atom stereocenters. The highest BCUT2D eigenvalue weighted by atomic mass is 15.2. The SMILES string of the molecule is N#CNC(=NCCc1c[nH]c2ccccc12)Nc1ccccc1. The molecule has 114 valence electrons. The van der Waals surface area contributed by atoms with E-state index in [1.54, 1.807) is 0 Å². The fourth-order valence-electron chi connectivity index (χ4n) is 2.45. The van der Waals surface area contributed by atoms with E-state index in [2.05, 4.69) is 32.7 Å². The van der Waals surface area contributed by atoms with Crippen LogP contribution >= 0.6 is 0 Å². The van der Waals surface area contributed by atoms with Crippen LogP contribution in [0.2, 0.25) is 0 Å². The van der Waals surface area contributed by atoms with E-state index in [-0.39, 0.29) is 0 Å². The Morgan fingerprint density at radius 2 is 1.87 bits per heavy atom. The summed E-state index contributed by atoms with van der Waals surface area (Å²) in [6, 6.07) is 17.8. The molecule has 5 heteroatoms. The topological polar surface area (TPSA) is 76.0 Å². The van der Waals surface area contributed by atoms with E-state index < -0.39 is 0 Å². The van der Waals surface area contributed by atoms with Crippen LogP contribution in [0.15, 0.2) is 65.8 Å². The number of fused-ring (bicyclic) bond motifs is 1. The van der Waals surface area contributed by atoms with Crippen LogP contribution in [-0.2, 0) is 6.42 Å². The Bertz CT molecular complexity index is 842. The third kappa shape index (κ3) is 3.69. The number of aromatic nitrogens is 1. The lowest BCUT2D eigenvalue weighted by Crippen LogP contribution is -2.27. The quantitative estimate of drug-likeness (QED) is 0.300. The van der Waals surface area contributed by atoms with Crippen molar-refractivity contribution in [2.24, 2.45) is 4.99 Å². The number of guanidine groups is 1. The van der Waals surface area contributed by atoms with E-state index >= 15 is 0 Å². The molecule has 0 saturated heterocycles. The number of anilines is 1. The van der Waals surface area contributed by atoms with Gasteiger partial charge in [0.15, 0.2) is 6.19 Å². The van der Waals surface area contributed by atoms with Gasteiger partial charge in [0.25, 0.3) is 0 Å². The minimum atomic E-state index is 0.457. The number of aliphatic imine (C=N–C) groups is 1. The molecule has 1 heterocycles. The summed E-state index contributed by atoms with van der Waals surface area (Å²) in [5.41, 5.74) is 3.24. The van der Waals surface area contributed by atoms with E-state index in [0.29, 0.717) is 12.5 Å². The van der Waals surface area contributed by atoms with Crippen LogP contribution in [0.3, 0.4) is 0 Å². The van der Waals surface area contributed by atoms with Crippen LogP contribution < -0.4 is 10.6 Å². The molecule has 5 nitrogen and oxygen atoms in total. The molecule has 2 aromatic carbocycles. The molecule has 0 fully saturated rings. The van der Waals surface area contributed by atoms with Gasteiger partial charge in [0, 0.05) is 29.3 Å². The zero-order chi connectivity index (χ0) is 15.9. The Morgan fingerprint density at radius 1 is 1.09 bits per heavy atom. The summed E-state index contributed by atoms with van der Waals surface area (Å²) in [6.07, 6.45) is 4.73. The molecule has 0 radical (unpaired) electrons. The van der Waals surface area contributed by atoms with Crippen LogP contribution in [0.25, 0.3) is 10.9 Å². The maximum absolute atomic E-state index is 8.85. The van der Waals surface area contributed by atoms with Gasteiger partial charge in [0.1, 0.15) is 0 Å². The minimum Gasteiger partial charge on any atom is -0.361 e. The standard InChI is InChI=1S/C18H17N5/c19-13-22-18(23-15-6-2-1-3-7-15)20-11-10-14-12-21-17-9-5-4-8-16(14)17/h1-9,12,21H,10-11H2,(H2,20,22,23). The summed E-state index contributed by atoms with van der Waals surface area (Å²) in [5.74, 6) is 0.457. The Morgan fingerprint density at radius 3 is 2.70 bits per heavy atom. The molecule has 0 atom stereocenters. The molecule has 0 spiro atoms. The first kappa shape index (κ1) is 14.7. The minimum absolute atomic E-state index is 0.457. The highest BCUT2D eigenvalue weighted by molar-refractivity contribution is 5.94. The molecule has 0 aliphatic rings. The molecule has 3 N–H and O–H groups in total. The number of hydrogen-bond acceptors (Lipinski definition) is 2. The van der Waals surface area contributed by atoms with Gasteiger partial charge in [0.05, 0.1) is 0 Å². The summed E-state index contributed by atoms with van der Waals surface area (Å²) in [7, 11) is 0. The number of para-hydroxylation sites is 2. The zero-order valence-electron chi connectivity index (χ0n) is 12.6. The lowest BCUT2D eigenvalue weighted by atomic mass is 10.1. The van der Waals surface area contributed by atoms with Crippen molar-refractivity contribution in [3.63, 3.8) is 0 Å². The Balaban J connectivity index is 1.68. The van der Waals surface area contributed by atoms with Gasteiger partial charge in [-0.3, -0.25) is 10.3 Å². The Labute approximate surface area is 134 Å². The summed E-state index contributed by atoms with van der Waals surface area (Å²) in [4.78, 5) is 7.71. The molecular weight excluding hydrogens is 286 g/mol. The van der Waals surface area contributed by atoms with E-state index in [1.165, 1.54) is 10.9 Å². The molecule has 0 saturated carbocycles. The first-order chi connectivity index (χ1) is 11.4. The normalized spacial score (nSPS) is 11.2. The van der Waals surface area contributed by atoms with Gasteiger partial charge >= 0.3 is 0 Å². The van der Waals surface area contributed by atoms with Gasteiger partial charge in [-0.05, 0) is 30.2 Å². The number of hydrogen-bond donors (Lipinski definition) is 3. The largest absolute Gasteiger partial charge is 0.361 e. The molecule has 0 aliphatic carbocycles. The van der Waals surface area contributed by atoms with E-state index in [9.17, 15) is 0 Å². The van der Waals surface area contributed by atoms with Crippen LogP contribution in [0.5, 0.6) is 0 Å². The number of nitrogens with one attached hydrogen (secondary N) is 3. The van der Waals surface area contributed by atoms with Gasteiger partial charge in [-0.25, -0.2) is 0 Å². The number of nitrogens with zero attached hydrogens (tertiary/aromatic N) is 2. The first-order valence-electron chi connectivity index (χ1n) is 7.43. The maximum atomic E-state index is 8.85. The molecule has 0 aliphatic heterocycles. The third-order valence-corrected chi connectivity index (χ3v) is 3.54. The highest BCUT2D eigenvalue weighted by Gasteiger charge is 2.03. The average Bonchev–Trinajstić information content (AvgIpc) is 2.99. The molecule has 23 heavy (non-hydrogen) atoms. The van der Waals surface area contributed by atoms with Gasteiger partial charge < -0.3 is 10.3 Å². The highest BCUT2D eigenvalue weighted by Crippen LogP contribution is 2.18. The maximum Gasteiger partial charge on any atom is 0.209 e. The summed E-state index contributed by atoms with van der Waals surface area (Å²) in [5, 5.41) is 15.8. The van der Waals surface area contributed by atoms with Crippen LogP contribution in [-0.4, -0.2) is 17.5 Å². The van der Waals surface area contributed by atoms with Crippen LogP contribution in [0.4, 0.5) is 5.69 Å². The van der Waals surface area contributed by atoms with Gasteiger partial charge in [-0.1, -0.05) is 36.4 Å². The van der Waals surface area contributed by atoms with E-state index in [1.807, 2.05) is 54.9 Å². The number of H-pyrrole nitrogens is 1. The number of aromatic amines is 1. The number of nitriles is 1. The van der Waals surface area contributed by atoms with Crippen molar-refractivity contribution in [2.75, 3.05) is 11.9 Å². The number of benzene rings is 2. The fourth-order valence-corrected chi connectivity index (χ4v) is 2.45. The average molecular weight is 303 g/mol. The van der Waals surface area contributed by atoms with Crippen LogP contribution in [0.1, 0.15) is 5.56 Å². The van der Waals surface area contributed by atoms with Crippen LogP contribution in [0, 0.1) is 11.5 Å². The number of rotatable bonds is 4. The van der Waals surface area contributed by atoms with E-state index in [0.717, 1.165) is 17.6 Å². The van der Waals surface area contributed by atoms with Crippen molar-refractivity contribution in [1.82, 2.24) is 10.3 Å². The summed E-state index contributed by atoms with van der Waals surface area (Å²) < 4.78 is 0. The van der Waals surface area contributed by atoms with Gasteiger partial charge in [0.2, 0.25) is 5.96 Å². The first-order valence-corrected chi connectivity index (χ1v) is 7.43. The molecule has 3 rings (SSSR count). The molecular formula is C18H17N5. The van der Waals surface area contributed by atoms with Crippen molar-refractivity contribution in [3.05, 3.63) is 66.4 Å². The van der Waals surface area contributed by atoms with Gasteiger partial charge in [-0.15, -0.1) is 0 Å². The monoisotopic (exact) mass is 303 g/mol.